The number of rotatable bonds is 2. The number of halogens is 1. The lowest BCUT2D eigenvalue weighted by atomic mass is 9.91. The first kappa shape index (κ1) is 16.5. The van der Waals surface area contributed by atoms with Crippen molar-refractivity contribution in [1.29, 1.82) is 0 Å². The second-order valence-corrected chi connectivity index (χ2v) is 6.81. The molecular formula is C17H23FN2O2. The van der Waals surface area contributed by atoms with Crippen LogP contribution in [0.5, 0.6) is 0 Å². The highest BCUT2D eigenvalue weighted by molar-refractivity contribution is 5.93. The highest BCUT2D eigenvalue weighted by Crippen LogP contribution is 2.24. The maximum atomic E-state index is 13.6. The number of anilines is 1. The van der Waals surface area contributed by atoms with Crippen molar-refractivity contribution in [2.45, 2.75) is 33.6 Å². The maximum absolute atomic E-state index is 13.6. The van der Waals surface area contributed by atoms with Gasteiger partial charge in [0.05, 0.1) is 11.6 Å². The zero-order chi connectivity index (χ0) is 16.3. The molecular weight excluding hydrogens is 283 g/mol. The van der Waals surface area contributed by atoms with Crippen molar-refractivity contribution in [2.24, 2.45) is 11.3 Å². The molecule has 1 aliphatic rings. The first-order valence-corrected chi connectivity index (χ1v) is 7.64. The SMILES string of the molecule is CC(C)(C)C(=O)N1CCCC(C(=O)Nc2ccccc2F)C1. The Balaban J connectivity index is 2.02. The van der Waals surface area contributed by atoms with E-state index in [1.165, 1.54) is 12.1 Å². The average molecular weight is 306 g/mol. The largest absolute Gasteiger partial charge is 0.341 e. The standard InChI is InChI=1S/C17H23FN2O2/c1-17(2,3)16(22)20-10-6-7-12(11-20)15(21)19-14-9-5-4-8-13(14)18/h4-5,8-9,12H,6-7,10-11H2,1-3H3,(H,19,21). The molecule has 1 aromatic rings. The number of likely N-dealkylation sites (tertiary alicyclic amines) is 1. The van der Waals surface area contributed by atoms with Gasteiger partial charge in [-0.05, 0) is 25.0 Å². The molecule has 5 heteroatoms. The summed E-state index contributed by atoms with van der Waals surface area (Å²) in [4.78, 5) is 26.4. The number of amides is 2. The number of nitrogens with zero attached hydrogens (tertiary/aromatic N) is 1. The van der Waals surface area contributed by atoms with Gasteiger partial charge in [-0.3, -0.25) is 9.59 Å². The number of carbonyl (C=O) groups excluding carboxylic acids is 2. The molecule has 2 amide bonds. The molecule has 1 unspecified atom stereocenters. The Hall–Kier alpha value is -1.91. The fourth-order valence-corrected chi connectivity index (χ4v) is 2.65. The summed E-state index contributed by atoms with van der Waals surface area (Å²) in [5.41, 5.74) is -0.268. The number of benzene rings is 1. The smallest absolute Gasteiger partial charge is 0.229 e. The fourth-order valence-electron chi connectivity index (χ4n) is 2.65. The summed E-state index contributed by atoms with van der Waals surface area (Å²) >= 11 is 0. The Labute approximate surface area is 130 Å². The molecule has 4 nitrogen and oxygen atoms in total. The molecule has 1 N–H and O–H groups in total. The maximum Gasteiger partial charge on any atom is 0.229 e. The third-order valence-electron chi connectivity index (χ3n) is 3.85. The third kappa shape index (κ3) is 3.84. The highest BCUT2D eigenvalue weighted by Gasteiger charge is 2.33. The van der Waals surface area contributed by atoms with Crippen LogP contribution in [0.1, 0.15) is 33.6 Å². The Bertz CT molecular complexity index is 566. The van der Waals surface area contributed by atoms with Crippen LogP contribution in [0.4, 0.5) is 10.1 Å². The van der Waals surface area contributed by atoms with Crippen LogP contribution >= 0.6 is 0 Å². The molecule has 22 heavy (non-hydrogen) atoms. The second kappa shape index (κ2) is 6.46. The minimum absolute atomic E-state index is 0.0518. The molecule has 0 radical (unpaired) electrons. The number of hydrogen-bond acceptors (Lipinski definition) is 2. The summed E-state index contributed by atoms with van der Waals surface area (Å²) in [5, 5.41) is 2.63. The van der Waals surface area contributed by atoms with Crippen LogP contribution in [0.3, 0.4) is 0 Å². The van der Waals surface area contributed by atoms with Crippen molar-refractivity contribution in [3.8, 4) is 0 Å². The van der Waals surface area contributed by atoms with Gasteiger partial charge < -0.3 is 10.2 Å². The van der Waals surface area contributed by atoms with Crippen molar-refractivity contribution >= 4 is 17.5 Å². The van der Waals surface area contributed by atoms with E-state index in [-0.39, 0.29) is 23.4 Å². The monoisotopic (exact) mass is 306 g/mol. The molecule has 1 fully saturated rings. The van der Waals surface area contributed by atoms with Crippen LogP contribution < -0.4 is 5.32 Å². The molecule has 0 aromatic heterocycles. The van der Waals surface area contributed by atoms with E-state index in [9.17, 15) is 14.0 Å². The van der Waals surface area contributed by atoms with Gasteiger partial charge in [0.1, 0.15) is 5.82 Å². The van der Waals surface area contributed by atoms with Gasteiger partial charge in [-0.1, -0.05) is 32.9 Å². The van der Waals surface area contributed by atoms with Gasteiger partial charge in [0.2, 0.25) is 11.8 Å². The molecule has 1 aliphatic heterocycles. The topological polar surface area (TPSA) is 49.4 Å². The van der Waals surface area contributed by atoms with Crippen molar-refractivity contribution in [2.75, 3.05) is 18.4 Å². The Morgan fingerprint density at radius 1 is 1.27 bits per heavy atom. The van der Waals surface area contributed by atoms with Gasteiger partial charge in [-0.25, -0.2) is 4.39 Å². The Morgan fingerprint density at radius 3 is 2.59 bits per heavy atom. The Morgan fingerprint density at radius 2 is 1.95 bits per heavy atom. The fraction of sp³-hybridized carbons (Fsp3) is 0.529. The van der Waals surface area contributed by atoms with E-state index in [2.05, 4.69) is 5.32 Å². The number of piperidine rings is 1. The molecule has 1 atom stereocenters. The molecule has 0 spiro atoms. The number of nitrogens with one attached hydrogen (secondary N) is 1. The van der Waals surface area contributed by atoms with E-state index in [1.54, 1.807) is 17.0 Å². The van der Waals surface area contributed by atoms with Crippen LogP contribution in [0.15, 0.2) is 24.3 Å². The predicted molar refractivity (Wildman–Crippen MR) is 83.8 cm³/mol. The van der Waals surface area contributed by atoms with Crippen LogP contribution in [0.2, 0.25) is 0 Å². The first-order chi connectivity index (χ1) is 10.3. The van der Waals surface area contributed by atoms with Crippen molar-refractivity contribution < 1.29 is 14.0 Å². The number of hydrogen-bond donors (Lipinski definition) is 1. The zero-order valence-corrected chi connectivity index (χ0v) is 13.4. The minimum atomic E-state index is -0.454. The highest BCUT2D eigenvalue weighted by atomic mass is 19.1. The van der Waals surface area contributed by atoms with E-state index >= 15 is 0 Å². The third-order valence-corrected chi connectivity index (χ3v) is 3.85. The van der Waals surface area contributed by atoms with E-state index in [0.717, 1.165) is 6.42 Å². The molecule has 120 valence electrons. The van der Waals surface area contributed by atoms with Crippen LogP contribution in [-0.4, -0.2) is 29.8 Å². The van der Waals surface area contributed by atoms with E-state index in [4.69, 9.17) is 0 Å². The van der Waals surface area contributed by atoms with Crippen molar-refractivity contribution in [3.63, 3.8) is 0 Å². The van der Waals surface area contributed by atoms with Gasteiger partial charge >= 0.3 is 0 Å². The van der Waals surface area contributed by atoms with Crippen LogP contribution in [-0.2, 0) is 9.59 Å². The lowest BCUT2D eigenvalue weighted by Crippen LogP contribution is -2.47. The van der Waals surface area contributed by atoms with Crippen LogP contribution in [0.25, 0.3) is 0 Å². The minimum Gasteiger partial charge on any atom is -0.341 e. The van der Waals surface area contributed by atoms with E-state index < -0.39 is 11.2 Å². The number of para-hydroxylation sites is 1. The van der Waals surface area contributed by atoms with Gasteiger partial charge in [-0.2, -0.15) is 0 Å². The predicted octanol–water partition coefficient (Wildman–Crippen LogP) is 3.05. The average Bonchev–Trinajstić information content (AvgIpc) is 2.48. The van der Waals surface area contributed by atoms with E-state index in [1.807, 2.05) is 20.8 Å². The van der Waals surface area contributed by atoms with Crippen LogP contribution in [0, 0.1) is 17.2 Å². The molecule has 1 aromatic carbocycles. The van der Waals surface area contributed by atoms with Gasteiger partial charge in [0.15, 0.2) is 0 Å². The zero-order valence-electron chi connectivity index (χ0n) is 13.4. The van der Waals surface area contributed by atoms with Gasteiger partial charge in [0, 0.05) is 18.5 Å². The molecule has 1 saturated heterocycles. The summed E-state index contributed by atoms with van der Waals surface area (Å²) in [6, 6.07) is 6.10. The molecule has 1 heterocycles. The summed E-state index contributed by atoms with van der Waals surface area (Å²) in [7, 11) is 0. The first-order valence-electron chi connectivity index (χ1n) is 7.64. The van der Waals surface area contributed by atoms with Gasteiger partial charge in [-0.15, -0.1) is 0 Å². The summed E-state index contributed by atoms with van der Waals surface area (Å²) in [6.45, 7) is 6.70. The Kier molecular flexibility index (Phi) is 4.84. The second-order valence-electron chi connectivity index (χ2n) is 6.81. The summed E-state index contributed by atoms with van der Waals surface area (Å²) < 4.78 is 13.6. The quantitative estimate of drug-likeness (QED) is 0.913. The van der Waals surface area contributed by atoms with Gasteiger partial charge in [0.25, 0.3) is 0 Å². The summed E-state index contributed by atoms with van der Waals surface area (Å²) in [5.74, 6) is -0.915. The lowest BCUT2D eigenvalue weighted by Gasteiger charge is -2.35. The number of carbonyl (C=O) groups is 2. The molecule has 0 aliphatic carbocycles. The molecule has 2 rings (SSSR count). The lowest BCUT2D eigenvalue weighted by molar-refractivity contribution is -0.142. The summed E-state index contributed by atoms with van der Waals surface area (Å²) in [6.07, 6.45) is 1.51. The van der Waals surface area contributed by atoms with Crippen molar-refractivity contribution in [1.82, 2.24) is 4.90 Å². The molecule has 0 saturated carbocycles. The normalized spacial score (nSPS) is 18.9. The molecule has 0 bridgehead atoms. The van der Waals surface area contributed by atoms with Crippen molar-refractivity contribution in [3.05, 3.63) is 30.1 Å². The van der Waals surface area contributed by atoms with E-state index in [0.29, 0.717) is 19.5 Å².